The summed E-state index contributed by atoms with van der Waals surface area (Å²) in [6, 6.07) is 0. The highest BCUT2D eigenvalue weighted by molar-refractivity contribution is 6.11. The number of hydrogen-bond acceptors (Lipinski definition) is 1. The first kappa shape index (κ1) is 14.1. The van der Waals surface area contributed by atoms with Gasteiger partial charge in [-0.15, -0.1) is 0 Å². The van der Waals surface area contributed by atoms with Crippen molar-refractivity contribution in [2.75, 3.05) is 0 Å². The second-order valence-electron chi connectivity index (χ2n) is 3.74. The van der Waals surface area contributed by atoms with Gasteiger partial charge in [-0.25, -0.2) is 0 Å². The lowest BCUT2D eigenvalue weighted by Crippen LogP contribution is -2.00. The van der Waals surface area contributed by atoms with Gasteiger partial charge in [0.05, 0.1) is 0 Å². The number of ketones is 1. The van der Waals surface area contributed by atoms with Crippen LogP contribution in [0.4, 0.5) is 0 Å². The Bertz CT molecular complexity index is 365. The van der Waals surface area contributed by atoms with Crippen LogP contribution in [0.2, 0.25) is 0 Å². The van der Waals surface area contributed by atoms with Crippen LogP contribution in [0.5, 0.6) is 0 Å². The molecule has 84 valence electrons. The molecule has 0 saturated carbocycles. The summed E-state index contributed by atoms with van der Waals surface area (Å²) in [5.74, 6) is -0.171. The molecule has 0 radical (unpaired) electrons. The van der Waals surface area contributed by atoms with Gasteiger partial charge in [0.25, 0.3) is 0 Å². The van der Waals surface area contributed by atoms with Crippen LogP contribution in [0.3, 0.4) is 0 Å². The summed E-state index contributed by atoms with van der Waals surface area (Å²) in [7, 11) is 0. The highest BCUT2D eigenvalue weighted by Crippen LogP contribution is 2.07. The van der Waals surface area contributed by atoms with Crippen molar-refractivity contribution in [2.24, 2.45) is 0 Å². The van der Waals surface area contributed by atoms with Crippen molar-refractivity contribution in [1.29, 1.82) is 0 Å². The largest absolute Gasteiger partial charge is 0.289 e. The molecule has 16 heavy (non-hydrogen) atoms. The number of carbonyl (C=O) groups is 1. The first-order chi connectivity index (χ1) is 7.34. The maximum absolute atomic E-state index is 11.7. The number of allylic oxidation sites excluding steroid dienone is 8. The van der Waals surface area contributed by atoms with Gasteiger partial charge in [-0.1, -0.05) is 61.8 Å². The van der Waals surface area contributed by atoms with Crippen LogP contribution in [0.25, 0.3) is 0 Å². The Morgan fingerprint density at radius 2 is 1.06 bits per heavy atom. The quantitative estimate of drug-likeness (QED) is 0.483. The molecule has 0 bridgehead atoms. The van der Waals surface area contributed by atoms with Crippen molar-refractivity contribution in [3.05, 3.63) is 72.9 Å². The molecular weight excluding hydrogens is 196 g/mol. The molecule has 0 fully saturated rings. The third-order valence-electron chi connectivity index (χ3n) is 1.72. The van der Waals surface area contributed by atoms with E-state index in [0.717, 1.165) is 11.1 Å². The molecule has 1 nitrogen and oxygen atoms in total. The highest BCUT2D eigenvalue weighted by Gasteiger charge is 2.05. The Morgan fingerprint density at radius 3 is 1.31 bits per heavy atom. The molecule has 0 aromatic rings. The van der Waals surface area contributed by atoms with E-state index < -0.39 is 0 Å². The van der Waals surface area contributed by atoms with Crippen LogP contribution in [0, 0.1) is 0 Å². The second-order valence-corrected chi connectivity index (χ2v) is 3.74. The maximum Gasteiger partial charge on any atom is 0.191 e. The van der Waals surface area contributed by atoms with Gasteiger partial charge in [0.2, 0.25) is 0 Å². The molecule has 0 unspecified atom stereocenters. The molecule has 0 aliphatic heterocycles. The topological polar surface area (TPSA) is 17.1 Å². The summed E-state index contributed by atoms with van der Waals surface area (Å²) in [5.41, 5.74) is 2.55. The van der Waals surface area contributed by atoms with Crippen LogP contribution in [0.1, 0.15) is 13.8 Å². The number of hydrogen-bond donors (Lipinski definition) is 0. The summed E-state index contributed by atoms with van der Waals surface area (Å²) in [6.45, 7) is 18.5. The van der Waals surface area contributed by atoms with E-state index in [2.05, 4.69) is 26.3 Å². The van der Waals surface area contributed by atoms with Crippen LogP contribution in [-0.2, 0) is 4.79 Å². The third-order valence-corrected chi connectivity index (χ3v) is 1.72. The van der Waals surface area contributed by atoms with Gasteiger partial charge in [0, 0.05) is 11.1 Å². The molecule has 0 rings (SSSR count). The SMILES string of the molecule is C=C(C)/C=C\C(=C)C(=O)C(=C)/C=C\C(=C)C. The molecule has 0 heterocycles. The van der Waals surface area contributed by atoms with Gasteiger partial charge >= 0.3 is 0 Å². The lowest BCUT2D eigenvalue weighted by Gasteiger charge is -1.99. The fourth-order valence-electron chi connectivity index (χ4n) is 0.843. The smallest absolute Gasteiger partial charge is 0.191 e. The minimum atomic E-state index is -0.171. The van der Waals surface area contributed by atoms with E-state index in [4.69, 9.17) is 0 Å². The lowest BCUT2D eigenvalue weighted by molar-refractivity contribution is -0.111. The van der Waals surface area contributed by atoms with Crippen molar-refractivity contribution >= 4 is 5.78 Å². The Kier molecular flexibility index (Phi) is 5.79. The zero-order valence-corrected chi connectivity index (χ0v) is 10.0. The van der Waals surface area contributed by atoms with E-state index in [9.17, 15) is 4.79 Å². The second kappa shape index (κ2) is 6.57. The van der Waals surface area contributed by atoms with Crippen molar-refractivity contribution in [2.45, 2.75) is 13.8 Å². The predicted octanol–water partition coefficient (Wildman–Crippen LogP) is 3.93. The molecule has 0 amide bonds. The molecule has 0 aromatic heterocycles. The molecule has 0 aliphatic rings. The number of rotatable bonds is 6. The van der Waals surface area contributed by atoms with Gasteiger partial charge in [0.15, 0.2) is 5.78 Å². The van der Waals surface area contributed by atoms with Crippen molar-refractivity contribution in [1.82, 2.24) is 0 Å². The van der Waals surface area contributed by atoms with E-state index in [1.54, 1.807) is 24.3 Å². The van der Waals surface area contributed by atoms with Gasteiger partial charge in [0.1, 0.15) is 0 Å². The Labute approximate surface area is 97.9 Å². The summed E-state index contributed by atoms with van der Waals surface area (Å²) in [5, 5.41) is 0. The van der Waals surface area contributed by atoms with Gasteiger partial charge < -0.3 is 0 Å². The van der Waals surface area contributed by atoms with Crippen molar-refractivity contribution in [3.8, 4) is 0 Å². The molecular formula is C15H18O. The zero-order chi connectivity index (χ0) is 12.7. The summed E-state index contributed by atoms with van der Waals surface area (Å²) >= 11 is 0. The fraction of sp³-hybridized carbons (Fsp3) is 0.133. The van der Waals surface area contributed by atoms with Gasteiger partial charge in [-0.3, -0.25) is 4.79 Å². The fourth-order valence-corrected chi connectivity index (χ4v) is 0.843. The number of Topliss-reactive ketones (excluding diaryl/α,β-unsaturated/α-hetero) is 1. The molecule has 0 aliphatic carbocycles. The summed E-state index contributed by atoms with van der Waals surface area (Å²) in [4.78, 5) is 11.7. The zero-order valence-electron chi connectivity index (χ0n) is 10.0. The Morgan fingerprint density at radius 1 is 0.750 bits per heavy atom. The van der Waals surface area contributed by atoms with Crippen molar-refractivity contribution < 1.29 is 4.79 Å². The van der Waals surface area contributed by atoms with Crippen molar-refractivity contribution in [3.63, 3.8) is 0 Å². The molecule has 1 heteroatoms. The van der Waals surface area contributed by atoms with E-state index >= 15 is 0 Å². The predicted molar refractivity (Wildman–Crippen MR) is 71.2 cm³/mol. The maximum atomic E-state index is 11.7. The van der Waals surface area contributed by atoms with Crippen LogP contribution in [0.15, 0.2) is 72.9 Å². The van der Waals surface area contributed by atoms with E-state index in [1.165, 1.54) is 0 Å². The third kappa shape index (κ3) is 5.76. The standard InChI is InChI=1S/C15H18O/c1-11(2)7-9-13(5)15(16)14(6)10-8-12(3)4/h7-10H,1,3,5-6H2,2,4H3/b9-7-,10-8-. The molecule has 0 N–H and O–H groups in total. The summed E-state index contributed by atoms with van der Waals surface area (Å²) in [6.07, 6.45) is 6.78. The minimum absolute atomic E-state index is 0.171. The average Bonchev–Trinajstić information content (AvgIpc) is 2.21. The van der Waals surface area contributed by atoms with Crippen LogP contribution < -0.4 is 0 Å². The lowest BCUT2D eigenvalue weighted by atomic mass is 10.0. The monoisotopic (exact) mass is 214 g/mol. The molecule has 0 spiro atoms. The highest BCUT2D eigenvalue weighted by atomic mass is 16.1. The van der Waals surface area contributed by atoms with Crippen LogP contribution >= 0.6 is 0 Å². The number of carbonyl (C=O) groups excluding carboxylic acids is 1. The van der Waals surface area contributed by atoms with Gasteiger partial charge in [-0.2, -0.15) is 0 Å². The minimum Gasteiger partial charge on any atom is -0.289 e. The average molecular weight is 214 g/mol. The first-order valence-electron chi connectivity index (χ1n) is 4.94. The first-order valence-corrected chi connectivity index (χ1v) is 4.94. The Hall–Kier alpha value is -1.89. The van der Waals surface area contributed by atoms with Gasteiger partial charge in [-0.05, 0) is 13.8 Å². The molecule has 0 aromatic carbocycles. The molecule has 0 saturated heterocycles. The molecule has 0 atom stereocenters. The van der Waals surface area contributed by atoms with E-state index in [0.29, 0.717) is 11.1 Å². The normalized spacial score (nSPS) is 10.6. The van der Waals surface area contributed by atoms with E-state index in [-0.39, 0.29) is 5.78 Å². The summed E-state index contributed by atoms with van der Waals surface area (Å²) < 4.78 is 0. The Balaban J connectivity index is 4.57. The van der Waals surface area contributed by atoms with E-state index in [1.807, 2.05) is 13.8 Å². The van der Waals surface area contributed by atoms with Crippen LogP contribution in [-0.4, -0.2) is 5.78 Å².